The summed E-state index contributed by atoms with van der Waals surface area (Å²) in [6.45, 7) is 0. The van der Waals surface area contributed by atoms with Gasteiger partial charge in [0.15, 0.2) is 0 Å². The Morgan fingerprint density at radius 2 is 2.00 bits per heavy atom. The smallest absolute Gasteiger partial charge is 0.242 e. The quantitative estimate of drug-likeness (QED) is 0.620. The molecule has 0 saturated heterocycles. The van der Waals surface area contributed by atoms with Crippen LogP contribution in [-0.2, 0) is 5.88 Å². The van der Waals surface area contributed by atoms with Gasteiger partial charge in [-0.1, -0.05) is 29.3 Å². The molecule has 3 aromatic rings. The van der Waals surface area contributed by atoms with Gasteiger partial charge in [0.25, 0.3) is 0 Å². The molecule has 0 aliphatic rings. The van der Waals surface area contributed by atoms with Crippen LogP contribution in [0.3, 0.4) is 0 Å². The van der Waals surface area contributed by atoms with Gasteiger partial charge in [0.1, 0.15) is 17.1 Å². The SMILES string of the molecule is ClCc1c(Oc2ccc(Cl)cc2Cl)nc2ccccn12. The lowest BCUT2D eigenvalue weighted by atomic mass is 10.3. The van der Waals surface area contributed by atoms with Crippen molar-refractivity contribution >= 4 is 40.4 Å². The largest absolute Gasteiger partial charge is 0.436 e. The number of hydrogen-bond donors (Lipinski definition) is 0. The average molecular weight is 328 g/mol. The van der Waals surface area contributed by atoms with E-state index in [0.717, 1.165) is 11.3 Å². The van der Waals surface area contributed by atoms with E-state index in [1.54, 1.807) is 18.2 Å². The van der Waals surface area contributed by atoms with E-state index < -0.39 is 0 Å². The zero-order valence-electron chi connectivity index (χ0n) is 10.2. The molecule has 0 aliphatic carbocycles. The average Bonchev–Trinajstić information content (AvgIpc) is 2.79. The molecule has 102 valence electrons. The molecule has 6 heteroatoms. The summed E-state index contributed by atoms with van der Waals surface area (Å²) in [5.41, 5.74) is 1.54. The van der Waals surface area contributed by atoms with E-state index in [1.165, 1.54) is 0 Å². The van der Waals surface area contributed by atoms with E-state index in [0.29, 0.717) is 21.7 Å². The zero-order valence-corrected chi connectivity index (χ0v) is 12.5. The highest BCUT2D eigenvalue weighted by Crippen LogP contribution is 2.33. The second kappa shape index (κ2) is 5.52. The number of alkyl halides is 1. The van der Waals surface area contributed by atoms with E-state index >= 15 is 0 Å². The van der Waals surface area contributed by atoms with E-state index in [9.17, 15) is 0 Å². The molecule has 0 N–H and O–H groups in total. The normalized spacial score (nSPS) is 10.9. The highest BCUT2D eigenvalue weighted by Gasteiger charge is 2.14. The number of pyridine rings is 1. The van der Waals surface area contributed by atoms with Crippen LogP contribution in [0.5, 0.6) is 11.6 Å². The van der Waals surface area contributed by atoms with Crippen LogP contribution in [0.4, 0.5) is 0 Å². The predicted molar refractivity (Wildman–Crippen MR) is 81.3 cm³/mol. The number of fused-ring (bicyclic) bond motifs is 1. The molecule has 0 unspecified atom stereocenters. The fraction of sp³-hybridized carbons (Fsp3) is 0.0714. The van der Waals surface area contributed by atoms with E-state index in [2.05, 4.69) is 4.98 Å². The number of imidazole rings is 1. The van der Waals surface area contributed by atoms with Gasteiger partial charge in [-0.05, 0) is 30.3 Å². The van der Waals surface area contributed by atoms with Crippen LogP contribution in [0, 0.1) is 0 Å². The molecule has 3 rings (SSSR count). The first kappa shape index (κ1) is 13.6. The summed E-state index contributed by atoms with van der Waals surface area (Å²) in [4.78, 5) is 4.41. The van der Waals surface area contributed by atoms with Crippen molar-refractivity contribution in [2.75, 3.05) is 0 Å². The Hall–Kier alpha value is -1.42. The topological polar surface area (TPSA) is 26.5 Å². The molecule has 20 heavy (non-hydrogen) atoms. The number of nitrogens with zero attached hydrogens (tertiary/aromatic N) is 2. The molecule has 3 nitrogen and oxygen atoms in total. The summed E-state index contributed by atoms with van der Waals surface area (Å²) in [5, 5.41) is 0.977. The summed E-state index contributed by atoms with van der Waals surface area (Å²) in [5.74, 6) is 1.22. The minimum absolute atomic E-state index is 0.283. The molecular formula is C14H9Cl3N2O. The van der Waals surface area contributed by atoms with E-state index in [-0.39, 0.29) is 5.88 Å². The van der Waals surface area contributed by atoms with Crippen LogP contribution in [0.1, 0.15) is 5.69 Å². The van der Waals surface area contributed by atoms with Gasteiger partial charge in [-0.3, -0.25) is 4.40 Å². The van der Waals surface area contributed by atoms with Gasteiger partial charge in [0.2, 0.25) is 5.88 Å². The Balaban J connectivity index is 2.06. The maximum atomic E-state index is 6.10. The van der Waals surface area contributed by atoms with Crippen molar-refractivity contribution < 1.29 is 4.74 Å². The van der Waals surface area contributed by atoms with Crippen molar-refractivity contribution in [2.24, 2.45) is 0 Å². The van der Waals surface area contributed by atoms with Crippen LogP contribution in [0.25, 0.3) is 5.65 Å². The van der Waals surface area contributed by atoms with Gasteiger partial charge >= 0.3 is 0 Å². The molecule has 0 bridgehead atoms. The monoisotopic (exact) mass is 326 g/mol. The zero-order chi connectivity index (χ0) is 14.1. The van der Waals surface area contributed by atoms with Crippen LogP contribution >= 0.6 is 34.8 Å². The fourth-order valence-corrected chi connectivity index (χ4v) is 2.58. The van der Waals surface area contributed by atoms with Gasteiger partial charge < -0.3 is 4.74 Å². The van der Waals surface area contributed by atoms with Crippen molar-refractivity contribution in [3.8, 4) is 11.6 Å². The Bertz CT molecular complexity index is 770. The molecule has 0 saturated carbocycles. The number of halogens is 3. The molecule has 0 aliphatic heterocycles. The van der Waals surface area contributed by atoms with Gasteiger partial charge in [-0.25, -0.2) is 0 Å². The molecular weight excluding hydrogens is 319 g/mol. The van der Waals surface area contributed by atoms with Crippen LogP contribution in [0.15, 0.2) is 42.6 Å². The molecule has 1 aromatic carbocycles. The van der Waals surface area contributed by atoms with Gasteiger partial charge in [0, 0.05) is 11.2 Å². The van der Waals surface area contributed by atoms with Crippen molar-refractivity contribution in [3.05, 3.63) is 58.3 Å². The third kappa shape index (κ3) is 2.44. The Morgan fingerprint density at radius 3 is 2.75 bits per heavy atom. The maximum absolute atomic E-state index is 6.10. The van der Waals surface area contributed by atoms with Crippen LogP contribution in [0.2, 0.25) is 10.0 Å². The van der Waals surface area contributed by atoms with Gasteiger partial charge in [-0.2, -0.15) is 4.98 Å². The minimum Gasteiger partial charge on any atom is -0.436 e. The highest BCUT2D eigenvalue weighted by molar-refractivity contribution is 6.35. The van der Waals surface area contributed by atoms with Crippen LogP contribution in [-0.4, -0.2) is 9.38 Å². The van der Waals surface area contributed by atoms with Gasteiger partial charge in [-0.15, -0.1) is 11.6 Å². The molecule has 2 heterocycles. The highest BCUT2D eigenvalue weighted by atomic mass is 35.5. The van der Waals surface area contributed by atoms with E-state index in [4.69, 9.17) is 39.5 Å². The maximum Gasteiger partial charge on any atom is 0.242 e. The molecule has 2 aromatic heterocycles. The predicted octanol–water partition coefficient (Wildman–Crippen LogP) is 5.17. The molecule has 0 fully saturated rings. The third-order valence-electron chi connectivity index (χ3n) is 2.82. The number of hydrogen-bond acceptors (Lipinski definition) is 2. The first-order valence-corrected chi connectivity index (χ1v) is 7.13. The van der Waals surface area contributed by atoms with Crippen molar-refractivity contribution in [1.82, 2.24) is 9.38 Å². The van der Waals surface area contributed by atoms with Crippen molar-refractivity contribution in [2.45, 2.75) is 5.88 Å². The molecule has 0 atom stereocenters. The number of ether oxygens (including phenoxy) is 1. The first-order valence-electron chi connectivity index (χ1n) is 5.84. The lowest BCUT2D eigenvalue weighted by molar-refractivity contribution is 0.462. The molecule has 0 spiro atoms. The first-order chi connectivity index (χ1) is 9.69. The summed E-state index contributed by atoms with van der Waals surface area (Å²) >= 11 is 17.9. The lowest BCUT2D eigenvalue weighted by Gasteiger charge is -2.06. The third-order valence-corrected chi connectivity index (χ3v) is 3.60. The minimum atomic E-state index is 0.283. The number of aromatic nitrogens is 2. The Morgan fingerprint density at radius 1 is 1.15 bits per heavy atom. The summed E-state index contributed by atoms with van der Waals surface area (Å²) in [7, 11) is 0. The Kier molecular flexibility index (Phi) is 3.74. The summed E-state index contributed by atoms with van der Waals surface area (Å²) in [6.07, 6.45) is 1.89. The van der Waals surface area contributed by atoms with Crippen molar-refractivity contribution in [1.29, 1.82) is 0 Å². The van der Waals surface area contributed by atoms with Crippen LogP contribution < -0.4 is 4.74 Å². The number of rotatable bonds is 3. The lowest BCUT2D eigenvalue weighted by Crippen LogP contribution is -1.92. The van der Waals surface area contributed by atoms with Crippen molar-refractivity contribution in [3.63, 3.8) is 0 Å². The molecule has 0 radical (unpaired) electrons. The van der Waals surface area contributed by atoms with Gasteiger partial charge in [0.05, 0.1) is 10.9 Å². The standard InChI is InChI=1S/C14H9Cl3N2O/c15-8-11-14(18-13-3-1-2-6-19(11)13)20-12-5-4-9(16)7-10(12)17/h1-7H,8H2. The second-order valence-corrected chi connectivity index (χ2v) is 5.21. The fourth-order valence-electron chi connectivity index (χ4n) is 1.89. The summed E-state index contributed by atoms with van der Waals surface area (Å²) < 4.78 is 7.65. The van der Waals surface area contributed by atoms with E-state index in [1.807, 2.05) is 28.8 Å². The molecule has 0 amide bonds. The second-order valence-electron chi connectivity index (χ2n) is 4.10. The Labute approximate surface area is 130 Å². The summed E-state index contributed by atoms with van der Waals surface area (Å²) in [6, 6.07) is 10.7. The number of benzene rings is 1.